The first-order chi connectivity index (χ1) is 9.10. The molecule has 0 aliphatic carbocycles. The summed E-state index contributed by atoms with van der Waals surface area (Å²) >= 11 is 0. The van der Waals surface area contributed by atoms with Crippen LogP contribution in [0.25, 0.3) is 0 Å². The summed E-state index contributed by atoms with van der Waals surface area (Å²) in [5.74, 6) is 2.63. The summed E-state index contributed by atoms with van der Waals surface area (Å²) in [6.07, 6.45) is 3.97. The molecular weight excluding hydrogens is 238 g/mol. The summed E-state index contributed by atoms with van der Waals surface area (Å²) in [5, 5.41) is 8.97. The van der Waals surface area contributed by atoms with Crippen LogP contribution in [0.4, 0.5) is 4.39 Å². The minimum absolute atomic E-state index is 0.117. The lowest BCUT2D eigenvalue weighted by Gasteiger charge is -2.40. The number of halogens is 1. The third-order valence-electron chi connectivity index (χ3n) is 4.74. The van der Waals surface area contributed by atoms with Gasteiger partial charge >= 0.3 is 0 Å². The zero-order valence-corrected chi connectivity index (χ0v) is 11.4. The number of benzene rings is 1. The van der Waals surface area contributed by atoms with E-state index in [1.54, 1.807) is 0 Å². The van der Waals surface area contributed by atoms with Gasteiger partial charge in [0.25, 0.3) is 6.71 Å². The summed E-state index contributed by atoms with van der Waals surface area (Å²) < 4.78 is 13.1. The second kappa shape index (κ2) is 5.75. The van der Waals surface area contributed by atoms with Crippen molar-refractivity contribution in [1.29, 1.82) is 5.26 Å². The second-order valence-electron chi connectivity index (χ2n) is 5.81. The first kappa shape index (κ1) is 14.1. The predicted molar refractivity (Wildman–Crippen MR) is 76.5 cm³/mol. The highest BCUT2D eigenvalue weighted by atomic mass is 19.1. The summed E-state index contributed by atoms with van der Waals surface area (Å²) in [4.78, 5) is 0. The van der Waals surface area contributed by atoms with Crippen molar-refractivity contribution in [2.24, 2.45) is 11.7 Å². The van der Waals surface area contributed by atoms with Crippen molar-refractivity contribution < 1.29 is 4.39 Å². The summed E-state index contributed by atoms with van der Waals surface area (Å²) in [6, 6.07) is 6.70. The molecule has 0 radical (unpaired) electrons. The monoisotopic (exact) mass is 258 g/mol. The third-order valence-corrected chi connectivity index (χ3v) is 4.74. The zero-order valence-electron chi connectivity index (χ0n) is 11.4. The van der Waals surface area contributed by atoms with Gasteiger partial charge in [0.15, 0.2) is 0 Å². The second-order valence-corrected chi connectivity index (χ2v) is 5.81. The fraction of sp³-hybridized carbons (Fsp3) is 0.533. The molecule has 1 aromatic carbocycles. The van der Waals surface area contributed by atoms with Crippen LogP contribution in [0.3, 0.4) is 0 Å². The Bertz CT molecular complexity index is 460. The molecule has 0 saturated carbocycles. The van der Waals surface area contributed by atoms with Crippen molar-refractivity contribution in [3.63, 3.8) is 0 Å². The number of rotatable bonds is 3. The van der Waals surface area contributed by atoms with Crippen molar-refractivity contribution >= 4 is 6.71 Å². The van der Waals surface area contributed by atoms with E-state index in [1.165, 1.54) is 12.1 Å². The van der Waals surface area contributed by atoms with Gasteiger partial charge in [0.2, 0.25) is 0 Å². The Morgan fingerprint density at radius 3 is 2.42 bits per heavy atom. The largest absolute Gasteiger partial charge is 0.330 e. The third kappa shape index (κ3) is 2.82. The number of nitrogens with zero attached hydrogens (tertiary/aromatic N) is 1. The minimum Gasteiger partial charge on any atom is -0.330 e. The lowest BCUT2D eigenvalue weighted by molar-refractivity contribution is 0.273. The Balaban J connectivity index is 2.19. The lowest BCUT2D eigenvalue weighted by atomic mass is 9.40. The average molecular weight is 258 g/mol. The van der Waals surface area contributed by atoms with Crippen LogP contribution in [0.1, 0.15) is 25.3 Å². The molecule has 1 atom stereocenters. The first-order valence-corrected chi connectivity index (χ1v) is 6.96. The van der Waals surface area contributed by atoms with Gasteiger partial charge in [-0.1, -0.05) is 44.5 Å². The van der Waals surface area contributed by atoms with Crippen LogP contribution >= 0.6 is 0 Å². The summed E-state index contributed by atoms with van der Waals surface area (Å²) in [5.41, 5.74) is 7.01. The van der Waals surface area contributed by atoms with E-state index < -0.39 is 0 Å². The fourth-order valence-electron chi connectivity index (χ4n) is 3.21. The first-order valence-electron chi connectivity index (χ1n) is 6.96. The Morgan fingerprint density at radius 1 is 1.37 bits per heavy atom. The lowest BCUT2D eigenvalue weighted by Crippen LogP contribution is -2.42. The van der Waals surface area contributed by atoms with Gasteiger partial charge < -0.3 is 5.73 Å². The van der Waals surface area contributed by atoms with Crippen LogP contribution in [-0.4, -0.2) is 13.3 Å². The van der Waals surface area contributed by atoms with Gasteiger partial charge in [-0.05, 0) is 23.6 Å². The maximum absolute atomic E-state index is 13.1. The number of hydrogen-bond donors (Lipinski definition) is 1. The molecule has 0 amide bonds. The van der Waals surface area contributed by atoms with Crippen LogP contribution in [0.15, 0.2) is 24.3 Å². The van der Waals surface area contributed by atoms with Crippen LogP contribution in [0.5, 0.6) is 0 Å². The quantitative estimate of drug-likeness (QED) is 0.847. The van der Waals surface area contributed by atoms with E-state index in [-0.39, 0.29) is 17.9 Å². The maximum atomic E-state index is 13.1. The van der Waals surface area contributed by atoms with Crippen molar-refractivity contribution in [2.75, 3.05) is 6.54 Å². The van der Waals surface area contributed by atoms with E-state index in [4.69, 9.17) is 11.0 Å². The van der Waals surface area contributed by atoms with Crippen molar-refractivity contribution in [3.8, 4) is 5.97 Å². The molecule has 0 aromatic heterocycles. The smallest absolute Gasteiger partial charge is 0.267 e. The molecule has 1 aliphatic heterocycles. The van der Waals surface area contributed by atoms with Gasteiger partial charge in [0, 0.05) is 17.9 Å². The molecule has 1 fully saturated rings. The molecule has 2 N–H and O–H groups in total. The molecule has 19 heavy (non-hydrogen) atoms. The van der Waals surface area contributed by atoms with E-state index in [0.717, 1.165) is 31.0 Å². The topological polar surface area (TPSA) is 49.8 Å². The molecular formula is C15H20BFN2. The fourth-order valence-corrected chi connectivity index (χ4v) is 3.21. The molecule has 100 valence electrons. The molecule has 1 unspecified atom stereocenters. The van der Waals surface area contributed by atoms with Gasteiger partial charge in [-0.2, -0.15) is 0 Å². The molecule has 4 heteroatoms. The number of nitrogens with two attached hydrogens (primary N) is 1. The van der Waals surface area contributed by atoms with Gasteiger partial charge in [0.05, 0.1) is 0 Å². The molecule has 0 spiro atoms. The van der Waals surface area contributed by atoms with Crippen LogP contribution < -0.4 is 5.73 Å². The van der Waals surface area contributed by atoms with Crippen molar-refractivity contribution in [3.05, 3.63) is 35.6 Å². The molecule has 2 rings (SSSR count). The Morgan fingerprint density at radius 2 is 1.95 bits per heavy atom. The number of hydrogen-bond acceptors (Lipinski definition) is 2. The zero-order chi connectivity index (χ0) is 13.9. The predicted octanol–water partition coefficient (Wildman–Crippen LogP) is 3.01. The van der Waals surface area contributed by atoms with E-state index in [1.807, 2.05) is 12.1 Å². The summed E-state index contributed by atoms with van der Waals surface area (Å²) in [6.45, 7) is 2.92. The van der Waals surface area contributed by atoms with Gasteiger partial charge in [-0.15, -0.1) is 0 Å². The Hall–Kier alpha value is -1.34. The van der Waals surface area contributed by atoms with Crippen LogP contribution in [-0.2, 0) is 5.41 Å². The molecule has 2 nitrogen and oxygen atoms in total. The Kier molecular flexibility index (Phi) is 4.26. The van der Waals surface area contributed by atoms with E-state index >= 15 is 0 Å². The van der Waals surface area contributed by atoms with E-state index in [0.29, 0.717) is 12.5 Å². The van der Waals surface area contributed by atoms with Crippen LogP contribution in [0, 0.1) is 23.0 Å². The van der Waals surface area contributed by atoms with Gasteiger partial charge in [-0.25, -0.2) is 9.65 Å². The SMILES string of the molecule is CC(CN)(c1ccc(F)cc1)C1CCB(C#N)CC1. The summed E-state index contributed by atoms with van der Waals surface area (Å²) in [7, 11) is 0. The highest BCUT2D eigenvalue weighted by molar-refractivity contribution is 6.67. The average Bonchev–Trinajstić information content (AvgIpc) is 2.47. The molecule has 1 saturated heterocycles. The van der Waals surface area contributed by atoms with E-state index in [2.05, 4.69) is 12.9 Å². The van der Waals surface area contributed by atoms with Crippen molar-refractivity contribution in [1.82, 2.24) is 0 Å². The Labute approximate surface area is 114 Å². The molecule has 1 heterocycles. The van der Waals surface area contributed by atoms with E-state index in [9.17, 15) is 4.39 Å². The molecule has 1 aliphatic rings. The normalized spacial score (nSPS) is 19.8. The maximum Gasteiger partial charge on any atom is 0.267 e. The standard InChI is InChI=1S/C15H20BFN2/c1-15(10-18,12-2-4-14(17)5-3-12)13-6-8-16(11-19)9-7-13/h2-5,13H,6-10,18H2,1H3. The highest BCUT2D eigenvalue weighted by Crippen LogP contribution is 2.40. The van der Waals surface area contributed by atoms with Crippen LogP contribution in [0.2, 0.25) is 12.6 Å². The van der Waals surface area contributed by atoms with Crippen molar-refractivity contribution in [2.45, 2.75) is 37.8 Å². The number of nitriles is 1. The highest BCUT2D eigenvalue weighted by Gasteiger charge is 2.38. The molecule has 0 bridgehead atoms. The van der Waals surface area contributed by atoms with Gasteiger partial charge in [0.1, 0.15) is 5.82 Å². The minimum atomic E-state index is -0.212. The molecule has 1 aromatic rings. The van der Waals surface area contributed by atoms with Gasteiger partial charge in [-0.3, -0.25) is 0 Å².